The van der Waals surface area contributed by atoms with Gasteiger partial charge in [-0.15, -0.1) is 0 Å². The molecule has 4 nitrogen and oxygen atoms in total. The van der Waals surface area contributed by atoms with Gasteiger partial charge < -0.3 is 9.47 Å². The highest BCUT2D eigenvalue weighted by Gasteiger charge is 2.15. The first-order chi connectivity index (χ1) is 8.17. The lowest BCUT2D eigenvalue weighted by molar-refractivity contribution is 0.0602. The van der Waals surface area contributed by atoms with Crippen LogP contribution in [0.1, 0.15) is 10.4 Å². The van der Waals surface area contributed by atoms with Crippen molar-refractivity contribution >= 4 is 16.9 Å². The van der Waals surface area contributed by atoms with Crippen LogP contribution in [-0.2, 0) is 4.74 Å². The van der Waals surface area contributed by atoms with Crippen molar-refractivity contribution in [2.45, 2.75) is 0 Å². The van der Waals surface area contributed by atoms with E-state index in [1.807, 2.05) is 0 Å². The molecule has 1 aromatic carbocycles. The summed E-state index contributed by atoms with van der Waals surface area (Å²) in [7, 11) is 2.66. The van der Waals surface area contributed by atoms with Crippen molar-refractivity contribution < 1.29 is 18.7 Å². The minimum atomic E-state index is -0.554. The molecule has 0 aliphatic rings. The minimum Gasteiger partial charge on any atom is -0.481 e. The first-order valence-electron chi connectivity index (χ1n) is 4.89. The van der Waals surface area contributed by atoms with E-state index in [0.29, 0.717) is 5.39 Å². The molecule has 0 bridgehead atoms. The number of rotatable bonds is 2. The standard InChI is InChI=1S/C12H10FNO3/c1-16-10-6-8(12(15)17-2)7-4-3-5-9(13)11(7)14-10/h3-6H,1-2H3. The number of hydrogen-bond donors (Lipinski definition) is 0. The number of ether oxygens (including phenoxy) is 2. The van der Waals surface area contributed by atoms with Gasteiger partial charge in [-0.25, -0.2) is 14.2 Å². The molecule has 1 aromatic heterocycles. The van der Waals surface area contributed by atoms with Crippen molar-refractivity contribution in [3.8, 4) is 5.88 Å². The van der Waals surface area contributed by atoms with Gasteiger partial charge >= 0.3 is 5.97 Å². The van der Waals surface area contributed by atoms with E-state index in [4.69, 9.17) is 4.74 Å². The Morgan fingerprint density at radius 3 is 2.76 bits per heavy atom. The van der Waals surface area contributed by atoms with Gasteiger partial charge in [-0.2, -0.15) is 0 Å². The highest BCUT2D eigenvalue weighted by Crippen LogP contribution is 2.24. The zero-order chi connectivity index (χ0) is 12.4. The Hall–Kier alpha value is -2.17. The lowest BCUT2D eigenvalue weighted by atomic mass is 10.1. The minimum absolute atomic E-state index is 0.0900. The average Bonchev–Trinajstić information content (AvgIpc) is 2.37. The molecule has 2 aromatic rings. The Labute approximate surface area is 97.0 Å². The number of methoxy groups -OCH3 is 2. The zero-order valence-corrected chi connectivity index (χ0v) is 9.36. The summed E-state index contributed by atoms with van der Waals surface area (Å²) in [6, 6.07) is 5.82. The number of esters is 1. The normalized spacial score (nSPS) is 10.3. The highest BCUT2D eigenvalue weighted by atomic mass is 19.1. The van der Waals surface area contributed by atoms with E-state index in [1.165, 1.54) is 32.4 Å². The van der Waals surface area contributed by atoms with Crippen molar-refractivity contribution in [2.75, 3.05) is 14.2 Å². The summed E-state index contributed by atoms with van der Waals surface area (Å²) in [6.45, 7) is 0. The van der Waals surface area contributed by atoms with Crippen LogP contribution < -0.4 is 4.74 Å². The largest absolute Gasteiger partial charge is 0.481 e. The lowest BCUT2D eigenvalue weighted by Crippen LogP contribution is -2.04. The number of aromatic nitrogens is 1. The number of nitrogens with zero attached hydrogens (tertiary/aromatic N) is 1. The molecule has 0 saturated heterocycles. The van der Waals surface area contributed by atoms with Crippen LogP contribution in [0.3, 0.4) is 0 Å². The van der Waals surface area contributed by atoms with Crippen LogP contribution in [-0.4, -0.2) is 25.2 Å². The molecule has 88 valence electrons. The first kappa shape index (κ1) is 11.3. The van der Waals surface area contributed by atoms with Gasteiger partial charge in [0.1, 0.15) is 11.3 Å². The molecule has 2 rings (SSSR count). The van der Waals surface area contributed by atoms with Gasteiger partial charge in [0, 0.05) is 11.5 Å². The first-order valence-corrected chi connectivity index (χ1v) is 4.89. The van der Waals surface area contributed by atoms with Crippen LogP contribution >= 0.6 is 0 Å². The quantitative estimate of drug-likeness (QED) is 0.748. The van der Waals surface area contributed by atoms with E-state index in [2.05, 4.69) is 9.72 Å². The SMILES string of the molecule is COC(=O)c1cc(OC)nc2c(F)cccc12. The van der Waals surface area contributed by atoms with E-state index in [-0.39, 0.29) is 17.0 Å². The zero-order valence-electron chi connectivity index (χ0n) is 9.36. The van der Waals surface area contributed by atoms with Crippen molar-refractivity contribution in [2.24, 2.45) is 0 Å². The maximum atomic E-state index is 13.6. The topological polar surface area (TPSA) is 48.4 Å². The van der Waals surface area contributed by atoms with Crippen LogP contribution in [0.4, 0.5) is 4.39 Å². The Balaban J connectivity index is 2.80. The molecule has 0 radical (unpaired) electrons. The number of carbonyl (C=O) groups is 1. The van der Waals surface area contributed by atoms with Crippen LogP contribution in [0, 0.1) is 5.82 Å². The fourth-order valence-corrected chi connectivity index (χ4v) is 1.57. The van der Waals surface area contributed by atoms with Gasteiger partial charge in [0.25, 0.3) is 0 Å². The van der Waals surface area contributed by atoms with Gasteiger partial charge in [0.2, 0.25) is 5.88 Å². The summed E-state index contributed by atoms with van der Waals surface area (Å²) >= 11 is 0. The van der Waals surface area contributed by atoms with E-state index in [1.54, 1.807) is 6.07 Å². The molecule has 0 spiro atoms. The van der Waals surface area contributed by atoms with E-state index in [0.717, 1.165) is 0 Å². The fourth-order valence-electron chi connectivity index (χ4n) is 1.57. The monoisotopic (exact) mass is 235 g/mol. The number of carbonyl (C=O) groups excluding carboxylic acids is 1. The maximum Gasteiger partial charge on any atom is 0.338 e. The molecule has 0 N–H and O–H groups in total. The summed E-state index contributed by atoms with van der Waals surface area (Å²) in [5.74, 6) is -0.893. The smallest absolute Gasteiger partial charge is 0.338 e. The molecule has 0 aliphatic carbocycles. The summed E-state index contributed by atoms with van der Waals surface area (Å²) in [6.07, 6.45) is 0. The molecular weight excluding hydrogens is 225 g/mol. The van der Waals surface area contributed by atoms with Gasteiger partial charge in [-0.3, -0.25) is 0 Å². The molecule has 5 heteroatoms. The number of halogens is 1. The summed E-state index contributed by atoms with van der Waals surface area (Å²) in [5, 5.41) is 0.401. The van der Waals surface area contributed by atoms with Crippen molar-refractivity contribution in [3.05, 3.63) is 35.6 Å². The highest BCUT2D eigenvalue weighted by molar-refractivity contribution is 6.03. The van der Waals surface area contributed by atoms with Crippen LogP contribution in [0.5, 0.6) is 5.88 Å². The third kappa shape index (κ3) is 1.91. The lowest BCUT2D eigenvalue weighted by Gasteiger charge is -2.07. The summed E-state index contributed by atoms with van der Waals surface area (Å²) in [4.78, 5) is 15.5. The third-order valence-electron chi connectivity index (χ3n) is 2.38. The number of pyridine rings is 1. The Morgan fingerprint density at radius 1 is 1.35 bits per heavy atom. The van der Waals surface area contributed by atoms with Crippen molar-refractivity contribution in [1.82, 2.24) is 4.98 Å². The molecule has 17 heavy (non-hydrogen) atoms. The maximum absolute atomic E-state index is 13.6. The van der Waals surface area contributed by atoms with Crippen LogP contribution in [0.2, 0.25) is 0 Å². The molecule has 0 aliphatic heterocycles. The van der Waals surface area contributed by atoms with Gasteiger partial charge in [0.05, 0.1) is 19.8 Å². The molecule has 1 heterocycles. The second-order valence-corrected chi connectivity index (χ2v) is 3.34. The predicted molar refractivity (Wildman–Crippen MR) is 59.6 cm³/mol. The molecule has 0 unspecified atom stereocenters. The number of hydrogen-bond acceptors (Lipinski definition) is 4. The molecule has 0 saturated carbocycles. The molecular formula is C12H10FNO3. The van der Waals surface area contributed by atoms with Crippen molar-refractivity contribution in [1.29, 1.82) is 0 Å². The summed E-state index contributed by atoms with van der Waals surface area (Å²) < 4.78 is 23.1. The van der Waals surface area contributed by atoms with E-state index < -0.39 is 11.8 Å². The Kier molecular flexibility index (Phi) is 2.91. The number of benzene rings is 1. The van der Waals surface area contributed by atoms with E-state index >= 15 is 0 Å². The molecule has 0 fully saturated rings. The number of fused-ring (bicyclic) bond motifs is 1. The van der Waals surface area contributed by atoms with Crippen LogP contribution in [0.15, 0.2) is 24.3 Å². The van der Waals surface area contributed by atoms with E-state index in [9.17, 15) is 9.18 Å². The third-order valence-corrected chi connectivity index (χ3v) is 2.38. The van der Waals surface area contributed by atoms with Gasteiger partial charge in [0.15, 0.2) is 0 Å². The van der Waals surface area contributed by atoms with Gasteiger partial charge in [-0.1, -0.05) is 12.1 Å². The second-order valence-electron chi connectivity index (χ2n) is 3.34. The van der Waals surface area contributed by atoms with Gasteiger partial charge in [-0.05, 0) is 6.07 Å². The number of para-hydroxylation sites is 1. The van der Waals surface area contributed by atoms with Crippen LogP contribution in [0.25, 0.3) is 10.9 Å². The Bertz CT molecular complexity index is 583. The fraction of sp³-hybridized carbons (Fsp3) is 0.167. The van der Waals surface area contributed by atoms with Crippen molar-refractivity contribution in [3.63, 3.8) is 0 Å². The second kappa shape index (κ2) is 4.37. The Morgan fingerprint density at radius 2 is 2.12 bits per heavy atom. The molecule has 0 atom stereocenters. The molecule has 0 amide bonds. The predicted octanol–water partition coefficient (Wildman–Crippen LogP) is 2.17. The average molecular weight is 235 g/mol. The summed E-state index contributed by atoms with van der Waals surface area (Å²) in [5.41, 5.74) is 0.320.